The molecular formula is C26H17ClN2O. The maximum absolute atomic E-state index is 13.0. The van der Waals surface area contributed by atoms with Gasteiger partial charge in [-0.3, -0.25) is 4.79 Å². The molecule has 144 valence electrons. The smallest absolute Gasteiger partial charge is 0.274 e. The molecule has 5 aromatic rings. The van der Waals surface area contributed by atoms with Gasteiger partial charge >= 0.3 is 0 Å². The fraction of sp³-hybridized carbons (Fsp3) is 0. The zero-order chi connectivity index (χ0) is 20.5. The number of carbonyl (C=O) groups excluding carboxylic acids is 1. The average molecular weight is 409 g/mol. The molecular weight excluding hydrogens is 392 g/mol. The SMILES string of the molecule is O=C(Nc1cccc2cccc(-c3ccc(Cl)cc3)c12)c1ccc2ccccc2n1. The van der Waals surface area contributed by atoms with Crippen LogP contribution in [0.5, 0.6) is 0 Å². The lowest BCUT2D eigenvalue weighted by Crippen LogP contribution is -2.14. The molecule has 0 radical (unpaired) electrons. The van der Waals surface area contributed by atoms with E-state index in [1.165, 1.54) is 0 Å². The lowest BCUT2D eigenvalue weighted by atomic mass is 9.97. The van der Waals surface area contributed by atoms with Crippen molar-refractivity contribution in [2.45, 2.75) is 0 Å². The van der Waals surface area contributed by atoms with Crippen molar-refractivity contribution >= 4 is 44.9 Å². The van der Waals surface area contributed by atoms with Crippen LogP contribution in [0.25, 0.3) is 32.8 Å². The largest absolute Gasteiger partial charge is 0.320 e. The van der Waals surface area contributed by atoms with E-state index in [4.69, 9.17) is 11.6 Å². The predicted octanol–water partition coefficient (Wildman–Crippen LogP) is 6.96. The Morgan fingerprint density at radius 2 is 1.47 bits per heavy atom. The molecule has 0 atom stereocenters. The highest BCUT2D eigenvalue weighted by Crippen LogP contribution is 2.34. The van der Waals surface area contributed by atoms with Crippen molar-refractivity contribution in [2.24, 2.45) is 0 Å². The van der Waals surface area contributed by atoms with E-state index in [0.717, 1.165) is 38.5 Å². The van der Waals surface area contributed by atoms with E-state index in [-0.39, 0.29) is 5.91 Å². The Morgan fingerprint density at radius 3 is 2.30 bits per heavy atom. The van der Waals surface area contributed by atoms with Crippen LogP contribution < -0.4 is 5.32 Å². The minimum atomic E-state index is -0.237. The molecule has 0 fully saturated rings. The maximum atomic E-state index is 13.0. The van der Waals surface area contributed by atoms with Crippen LogP contribution in [0.3, 0.4) is 0 Å². The Morgan fingerprint density at radius 1 is 0.733 bits per heavy atom. The first-order valence-electron chi connectivity index (χ1n) is 9.64. The van der Waals surface area contributed by atoms with Gasteiger partial charge in [-0.15, -0.1) is 0 Å². The summed E-state index contributed by atoms with van der Waals surface area (Å²) in [4.78, 5) is 17.5. The van der Waals surface area contributed by atoms with Crippen LogP contribution in [0.1, 0.15) is 10.5 Å². The van der Waals surface area contributed by atoms with Gasteiger partial charge in [0, 0.05) is 21.5 Å². The minimum Gasteiger partial charge on any atom is -0.320 e. The van der Waals surface area contributed by atoms with Gasteiger partial charge in [-0.2, -0.15) is 0 Å². The van der Waals surface area contributed by atoms with Gasteiger partial charge in [-0.1, -0.05) is 78.3 Å². The van der Waals surface area contributed by atoms with Gasteiger partial charge in [0.2, 0.25) is 0 Å². The molecule has 0 unspecified atom stereocenters. The molecule has 5 rings (SSSR count). The van der Waals surface area contributed by atoms with Gasteiger partial charge in [0.05, 0.1) is 5.52 Å². The van der Waals surface area contributed by atoms with Crippen molar-refractivity contribution in [1.82, 2.24) is 4.98 Å². The molecule has 1 amide bonds. The average Bonchev–Trinajstić information content (AvgIpc) is 2.79. The third-order valence-corrected chi connectivity index (χ3v) is 5.39. The number of hydrogen-bond acceptors (Lipinski definition) is 2. The number of nitrogens with one attached hydrogen (secondary N) is 1. The van der Waals surface area contributed by atoms with Gasteiger partial charge in [0.25, 0.3) is 5.91 Å². The number of nitrogens with zero attached hydrogens (tertiary/aromatic N) is 1. The van der Waals surface area contributed by atoms with Crippen LogP contribution in [-0.2, 0) is 0 Å². The number of amides is 1. The van der Waals surface area contributed by atoms with Crippen LogP contribution in [-0.4, -0.2) is 10.9 Å². The summed E-state index contributed by atoms with van der Waals surface area (Å²) >= 11 is 6.06. The molecule has 30 heavy (non-hydrogen) atoms. The summed E-state index contributed by atoms with van der Waals surface area (Å²) in [6.45, 7) is 0. The summed E-state index contributed by atoms with van der Waals surface area (Å²) in [7, 11) is 0. The fourth-order valence-electron chi connectivity index (χ4n) is 3.69. The molecule has 0 bridgehead atoms. The standard InChI is InChI=1S/C26H17ClN2O/c27-20-14-11-17(12-15-20)21-8-3-6-19-7-4-10-23(25(19)21)29-26(30)24-16-13-18-5-1-2-9-22(18)28-24/h1-16H,(H,29,30). The van der Waals surface area contributed by atoms with Crippen LogP contribution in [0.2, 0.25) is 5.02 Å². The first kappa shape index (κ1) is 18.3. The van der Waals surface area contributed by atoms with Gasteiger partial charge < -0.3 is 5.32 Å². The van der Waals surface area contributed by atoms with Gasteiger partial charge in [-0.25, -0.2) is 4.98 Å². The molecule has 0 spiro atoms. The Labute approximate surface area is 179 Å². The Balaban J connectivity index is 1.58. The molecule has 0 aliphatic rings. The summed E-state index contributed by atoms with van der Waals surface area (Å²) in [6, 6.07) is 31.2. The number of aromatic nitrogens is 1. The van der Waals surface area contributed by atoms with Crippen LogP contribution in [0.15, 0.2) is 97.1 Å². The Kier molecular flexibility index (Phi) is 4.66. The molecule has 0 saturated heterocycles. The lowest BCUT2D eigenvalue weighted by Gasteiger charge is -2.13. The highest BCUT2D eigenvalue weighted by Gasteiger charge is 2.13. The molecule has 4 heteroatoms. The number of anilines is 1. The van der Waals surface area contributed by atoms with E-state index >= 15 is 0 Å². The van der Waals surface area contributed by atoms with Gasteiger partial charge in [-0.05, 0) is 46.8 Å². The predicted molar refractivity (Wildman–Crippen MR) is 124 cm³/mol. The Hall–Kier alpha value is -3.69. The summed E-state index contributed by atoms with van der Waals surface area (Å²) in [5, 5.41) is 6.78. The number of pyridine rings is 1. The number of hydrogen-bond donors (Lipinski definition) is 1. The van der Waals surface area contributed by atoms with Crippen LogP contribution >= 0.6 is 11.6 Å². The lowest BCUT2D eigenvalue weighted by molar-refractivity contribution is 0.102. The van der Waals surface area contributed by atoms with E-state index < -0.39 is 0 Å². The fourth-order valence-corrected chi connectivity index (χ4v) is 3.82. The minimum absolute atomic E-state index is 0.237. The van der Waals surface area contributed by atoms with E-state index in [2.05, 4.69) is 16.4 Å². The highest BCUT2D eigenvalue weighted by molar-refractivity contribution is 6.30. The van der Waals surface area contributed by atoms with Crippen molar-refractivity contribution in [3.63, 3.8) is 0 Å². The molecule has 4 aromatic carbocycles. The van der Waals surface area contributed by atoms with Crippen molar-refractivity contribution in [3.8, 4) is 11.1 Å². The second kappa shape index (κ2) is 7.62. The summed E-state index contributed by atoms with van der Waals surface area (Å²) < 4.78 is 0. The molecule has 1 aromatic heterocycles. The van der Waals surface area contributed by atoms with Crippen LogP contribution in [0, 0.1) is 0 Å². The van der Waals surface area contributed by atoms with E-state index in [9.17, 15) is 4.79 Å². The first-order valence-corrected chi connectivity index (χ1v) is 10.0. The van der Waals surface area contributed by atoms with Crippen molar-refractivity contribution in [1.29, 1.82) is 0 Å². The Bertz CT molecular complexity index is 1390. The third-order valence-electron chi connectivity index (χ3n) is 5.14. The number of halogens is 1. The molecule has 0 aliphatic heterocycles. The number of rotatable bonds is 3. The van der Waals surface area contributed by atoms with Crippen molar-refractivity contribution in [2.75, 3.05) is 5.32 Å². The highest BCUT2D eigenvalue weighted by atomic mass is 35.5. The van der Waals surface area contributed by atoms with Crippen LogP contribution in [0.4, 0.5) is 5.69 Å². The van der Waals surface area contributed by atoms with Crippen molar-refractivity contribution in [3.05, 3.63) is 108 Å². The second-order valence-electron chi connectivity index (χ2n) is 7.06. The summed E-state index contributed by atoms with van der Waals surface area (Å²) in [5.74, 6) is -0.237. The zero-order valence-electron chi connectivity index (χ0n) is 16.0. The normalized spacial score (nSPS) is 11.0. The second-order valence-corrected chi connectivity index (χ2v) is 7.50. The molecule has 1 heterocycles. The number of carbonyl (C=O) groups is 1. The summed E-state index contributed by atoms with van der Waals surface area (Å²) in [6.07, 6.45) is 0. The summed E-state index contributed by atoms with van der Waals surface area (Å²) in [5.41, 5.74) is 4.00. The van der Waals surface area contributed by atoms with E-state index in [1.807, 2.05) is 84.9 Å². The van der Waals surface area contributed by atoms with E-state index in [1.54, 1.807) is 6.07 Å². The maximum Gasteiger partial charge on any atom is 0.274 e. The number of fused-ring (bicyclic) bond motifs is 2. The zero-order valence-corrected chi connectivity index (χ0v) is 16.7. The number of para-hydroxylation sites is 1. The monoisotopic (exact) mass is 408 g/mol. The van der Waals surface area contributed by atoms with Crippen molar-refractivity contribution < 1.29 is 4.79 Å². The van der Waals surface area contributed by atoms with E-state index in [0.29, 0.717) is 10.7 Å². The first-order chi connectivity index (χ1) is 14.7. The molecule has 0 aliphatic carbocycles. The van der Waals surface area contributed by atoms with Gasteiger partial charge in [0.15, 0.2) is 0 Å². The topological polar surface area (TPSA) is 42.0 Å². The molecule has 3 nitrogen and oxygen atoms in total. The quantitative estimate of drug-likeness (QED) is 0.350. The third kappa shape index (κ3) is 3.40. The molecule has 1 N–H and O–H groups in total. The molecule has 0 saturated carbocycles. The van der Waals surface area contributed by atoms with Gasteiger partial charge in [0.1, 0.15) is 5.69 Å². The number of benzene rings is 4.